The quantitative estimate of drug-likeness (QED) is 0.697. The largest absolute Gasteiger partial charge is 0.332 e. The third-order valence-corrected chi connectivity index (χ3v) is 2.90. The number of H-pyrrole nitrogens is 1. The van der Waals surface area contributed by atoms with Crippen LogP contribution in [-0.4, -0.2) is 19.5 Å². The van der Waals surface area contributed by atoms with E-state index in [1.807, 2.05) is 0 Å². The van der Waals surface area contributed by atoms with E-state index in [1.54, 1.807) is 24.3 Å². The average molecular weight is 281 g/mol. The van der Waals surface area contributed by atoms with Crippen molar-refractivity contribution in [3.63, 3.8) is 0 Å². The summed E-state index contributed by atoms with van der Waals surface area (Å²) in [6.45, 7) is 0. The maximum Gasteiger partial charge on any atom is 0.332 e. The lowest BCUT2D eigenvalue weighted by Gasteiger charge is -2.01. The van der Waals surface area contributed by atoms with Crippen LogP contribution in [0.25, 0.3) is 16.9 Å². The lowest BCUT2D eigenvalue weighted by molar-refractivity contribution is 0.950. The standard InChI is InChI=1S/C11H6Cl2N4O/c12-6-1-2-8-7(5-6)15-11(18)17(8)9-3-4-14-10(13)16-9/h1-5H,(H,15,18). The van der Waals surface area contributed by atoms with Gasteiger partial charge >= 0.3 is 5.69 Å². The zero-order valence-electron chi connectivity index (χ0n) is 8.89. The Hall–Kier alpha value is -1.85. The molecule has 0 aliphatic carbocycles. The molecule has 0 fully saturated rings. The molecule has 2 heterocycles. The summed E-state index contributed by atoms with van der Waals surface area (Å²) in [6.07, 6.45) is 1.49. The van der Waals surface area contributed by atoms with Gasteiger partial charge in [-0.2, -0.15) is 4.98 Å². The van der Waals surface area contributed by atoms with Crippen LogP contribution in [0.2, 0.25) is 10.3 Å². The normalized spacial score (nSPS) is 11.0. The molecule has 0 atom stereocenters. The molecule has 0 unspecified atom stereocenters. The van der Waals surface area contributed by atoms with E-state index >= 15 is 0 Å². The Labute approximate surface area is 111 Å². The van der Waals surface area contributed by atoms with Crippen molar-refractivity contribution in [2.75, 3.05) is 0 Å². The number of benzene rings is 1. The second kappa shape index (κ2) is 4.12. The maximum absolute atomic E-state index is 11.9. The molecular weight excluding hydrogens is 275 g/mol. The lowest BCUT2D eigenvalue weighted by Crippen LogP contribution is -2.15. The van der Waals surface area contributed by atoms with Crippen molar-refractivity contribution in [3.8, 4) is 5.82 Å². The minimum Gasteiger partial charge on any atom is -0.305 e. The molecule has 1 aromatic carbocycles. The summed E-state index contributed by atoms with van der Waals surface area (Å²) in [6, 6.07) is 6.73. The Morgan fingerprint density at radius 3 is 2.83 bits per heavy atom. The molecule has 3 rings (SSSR count). The van der Waals surface area contributed by atoms with E-state index in [0.29, 0.717) is 21.9 Å². The van der Waals surface area contributed by atoms with E-state index < -0.39 is 0 Å². The number of nitrogens with zero attached hydrogens (tertiary/aromatic N) is 3. The van der Waals surface area contributed by atoms with E-state index in [0.717, 1.165) is 0 Å². The molecule has 0 saturated heterocycles. The molecule has 0 aliphatic rings. The molecule has 90 valence electrons. The number of aromatic amines is 1. The summed E-state index contributed by atoms with van der Waals surface area (Å²) >= 11 is 11.6. The van der Waals surface area contributed by atoms with Gasteiger partial charge in [-0.15, -0.1) is 0 Å². The van der Waals surface area contributed by atoms with Crippen molar-refractivity contribution in [1.29, 1.82) is 0 Å². The summed E-state index contributed by atoms with van der Waals surface area (Å²) in [5.74, 6) is 0.411. The molecule has 0 spiro atoms. The monoisotopic (exact) mass is 280 g/mol. The van der Waals surface area contributed by atoms with Gasteiger partial charge in [-0.25, -0.2) is 14.3 Å². The van der Waals surface area contributed by atoms with Gasteiger partial charge in [0.25, 0.3) is 0 Å². The first kappa shape index (κ1) is 11.3. The molecular formula is C11H6Cl2N4O. The molecule has 0 saturated carbocycles. The van der Waals surface area contributed by atoms with Crippen molar-refractivity contribution in [2.45, 2.75) is 0 Å². The number of hydrogen-bond acceptors (Lipinski definition) is 3. The average Bonchev–Trinajstić information content (AvgIpc) is 2.64. The fourth-order valence-corrected chi connectivity index (χ4v) is 2.08. The van der Waals surface area contributed by atoms with Gasteiger partial charge in [0.2, 0.25) is 5.28 Å². The number of nitrogens with one attached hydrogen (secondary N) is 1. The van der Waals surface area contributed by atoms with Crippen LogP contribution >= 0.6 is 23.2 Å². The highest BCUT2D eigenvalue weighted by atomic mass is 35.5. The Kier molecular flexibility index (Phi) is 2.57. The molecule has 18 heavy (non-hydrogen) atoms. The Bertz CT molecular complexity index is 793. The van der Waals surface area contributed by atoms with Gasteiger partial charge in [0, 0.05) is 17.3 Å². The van der Waals surface area contributed by atoms with Crippen molar-refractivity contribution in [1.82, 2.24) is 19.5 Å². The number of rotatable bonds is 1. The van der Waals surface area contributed by atoms with Crippen LogP contribution in [0.5, 0.6) is 0 Å². The van der Waals surface area contributed by atoms with E-state index in [-0.39, 0.29) is 11.0 Å². The molecule has 0 bridgehead atoms. The van der Waals surface area contributed by atoms with Gasteiger partial charge in [0.05, 0.1) is 11.0 Å². The molecule has 0 aliphatic heterocycles. The van der Waals surface area contributed by atoms with Crippen LogP contribution in [0.4, 0.5) is 0 Å². The minimum atomic E-state index is -0.304. The predicted molar refractivity (Wildman–Crippen MR) is 69.5 cm³/mol. The van der Waals surface area contributed by atoms with E-state index in [9.17, 15) is 4.79 Å². The molecule has 7 heteroatoms. The van der Waals surface area contributed by atoms with Crippen LogP contribution in [0.15, 0.2) is 35.3 Å². The highest BCUT2D eigenvalue weighted by Gasteiger charge is 2.10. The van der Waals surface area contributed by atoms with Crippen LogP contribution in [0.3, 0.4) is 0 Å². The van der Waals surface area contributed by atoms with Gasteiger partial charge in [0.1, 0.15) is 5.82 Å². The second-order valence-corrected chi connectivity index (χ2v) is 4.39. The maximum atomic E-state index is 11.9. The smallest absolute Gasteiger partial charge is 0.305 e. The summed E-state index contributed by atoms with van der Waals surface area (Å²) in [5, 5.41) is 0.638. The van der Waals surface area contributed by atoms with Crippen molar-refractivity contribution in [3.05, 3.63) is 51.3 Å². The third kappa shape index (κ3) is 1.77. The van der Waals surface area contributed by atoms with Crippen LogP contribution in [-0.2, 0) is 0 Å². The third-order valence-electron chi connectivity index (χ3n) is 2.48. The SMILES string of the molecule is O=c1[nH]c2cc(Cl)ccc2n1-c1ccnc(Cl)n1. The summed E-state index contributed by atoms with van der Waals surface area (Å²) < 4.78 is 1.42. The summed E-state index contributed by atoms with van der Waals surface area (Å²) in [4.78, 5) is 22.4. The van der Waals surface area contributed by atoms with Gasteiger partial charge in [-0.1, -0.05) is 11.6 Å². The first-order valence-electron chi connectivity index (χ1n) is 5.04. The van der Waals surface area contributed by atoms with Crippen LogP contribution in [0, 0.1) is 0 Å². The minimum absolute atomic E-state index is 0.0858. The second-order valence-electron chi connectivity index (χ2n) is 3.61. The van der Waals surface area contributed by atoms with Crippen molar-refractivity contribution in [2.24, 2.45) is 0 Å². The molecule has 0 radical (unpaired) electrons. The van der Waals surface area contributed by atoms with Crippen molar-refractivity contribution >= 4 is 34.2 Å². The number of fused-ring (bicyclic) bond motifs is 1. The Morgan fingerprint density at radius 2 is 2.06 bits per heavy atom. The van der Waals surface area contributed by atoms with Crippen LogP contribution in [0.1, 0.15) is 0 Å². The molecule has 3 aromatic rings. The molecule has 2 aromatic heterocycles. The van der Waals surface area contributed by atoms with Crippen LogP contribution < -0.4 is 5.69 Å². The fraction of sp³-hybridized carbons (Fsp3) is 0. The Balaban J connectivity index is 2.35. The van der Waals surface area contributed by atoms with Gasteiger partial charge in [0.15, 0.2) is 0 Å². The summed E-state index contributed by atoms with van der Waals surface area (Å²) in [5.41, 5.74) is 1.02. The highest BCUT2D eigenvalue weighted by Crippen LogP contribution is 2.18. The summed E-state index contributed by atoms with van der Waals surface area (Å²) in [7, 11) is 0. The molecule has 0 amide bonds. The number of hydrogen-bond donors (Lipinski definition) is 1. The zero-order chi connectivity index (χ0) is 12.7. The number of imidazole rings is 1. The lowest BCUT2D eigenvalue weighted by atomic mass is 10.3. The van der Waals surface area contributed by atoms with E-state index in [1.165, 1.54) is 10.8 Å². The van der Waals surface area contributed by atoms with E-state index in [4.69, 9.17) is 23.2 Å². The van der Waals surface area contributed by atoms with Gasteiger partial charge in [-0.3, -0.25) is 0 Å². The van der Waals surface area contributed by atoms with E-state index in [2.05, 4.69) is 15.0 Å². The topological polar surface area (TPSA) is 63.6 Å². The molecule has 5 nitrogen and oxygen atoms in total. The van der Waals surface area contributed by atoms with Gasteiger partial charge in [-0.05, 0) is 29.8 Å². The first-order valence-corrected chi connectivity index (χ1v) is 5.80. The number of aromatic nitrogens is 4. The first-order chi connectivity index (χ1) is 8.65. The van der Waals surface area contributed by atoms with Crippen molar-refractivity contribution < 1.29 is 0 Å². The zero-order valence-corrected chi connectivity index (χ0v) is 10.4. The Morgan fingerprint density at radius 1 is 1.22 bits per heavy atom. The highest BCUT2D eigenvalue weighted by molar-refractivity contribution is 6.31. The molecule has 1 N–H and O–H groups in total. The van der Waals surface area contributed by atoms with Gasteiger partial charge < -0.3 is 4.98 Å². The predicted octanol–water partition coefficient (Wildman–Crippen LogP) is 2.42. The fourth-order valence-electron chi connectivity index (χ4n) is 1.76. The number of halogens is 2.